The van der Waals surface area contributed by atoms with Crippen molar-refractivity contribution in [3.8, 4) is 6.07 Å². The second kappa shape index (κ2) is 10.3. The van der Waals surface area contributed by atoms with E-state index >= 15 is 0 Å². The molecule has 1 amide bonds. The summed E-state index contributed by atoms with van der Waals surface area (Å²) in [6, 6.07) is 18.1. The standard InChI is InChI=1S/C23H26N4O.2ClH/c1-26(17-19-6-4-5-18(13-19)16-24)22(28)23(27-11-9-25-10-12-27)14-20-7-2-3-8-21(20)15-23;;/h2-8,13,25H,9-12,14-15,17H2,1H3;2*1H. The molecule has 1 N–H and O–H groups in total. The number of nitriles is 1. The van der Waals surface area contributed by atoms with Gasteiger partial charge in [-0.25, -0.2) is 0 Å². The lowest BCUT2D eigenvalue weighted by atomic mass is 9.90. The van der Waals surface area contributed by atoms with Gasteiger partial charge in [-0.05, 0) is 28.8 Å². The number of carbonyl (C=O) groups is 1. The predicted molar refractivity (Wildman–Crippen MR) is 123 cm³/mol. The largest absolute Gasteiger partial charge is 0.340 e. The van der Waals surface area contributed by atoms with Crippen LogP contribution in [0, 0.1) is 11.3 Å². The van der Waals surface area contributed by atoms with Crippen molar-refractivity contribution in [2.75, 3.05) is 33.2 Å². The Balaban J connectivity index is 0.00000160. The number of fused-ring (bicyclic) bond motifs is 1. The minimum absolute atomic E-state index is 0. The first-order chi connectivity index (χ1) is 13.6. The quantitative estimate of drug-likeness (QED) is 0.783. The van der Waals surface area contributed by atoms with E-state index in [2.05, 4.69) is 40.6 Å². The summed E-state index contributed by atoms with van der Waals surface area (Å²) in [7, 11) is 1.88. The van der Waals surface area contributed by atoms with Crippen LogP contribution in [0.5, 0.6) is 0 Å². The van der Waals surface area contributed by atoms with E-state index in [9.17, 15) is 4.79 Å². The summed E-state index contributed by atoms with van der Waals surface area (Å²) in [4.78, 5) is 18.0. The molecule has 1 heterocycles. The normalized spacial score (nSPS) is 17.1. The summed E-state index contributed by atoms with van der Waals surface area (Å²) in [6.07, 6.45) is 1.54. The molecule has 0 radical (unpaired) electrons. The van der Waals surface area contributed by atoms with Crippen LogP contribution in [0.25, 0.3) is 0 Å². The molecular weight excluding hydrogens is 419 g/mol. The summed E-state index contributed by atoms with van der Waals surface area (Å²) in [5.74, 6) is 0.174. The molecule has 2 aliphatic rings. The predicted octanol–water partition coefficient (Wildman–Crippen LogP) is 2.80. The molecule has 0 unspecified atom stereocenters. The van der Waals surface area contributed by atoms with Gasteiger partial charge in [0.15, 0.2) is 0 Å². The molecule has 0 bridgehead atoms. The number of amides is 1. The second-order valence-corrected chi connectivity index (χ2v) is 7.86. The highest BCUT2D eigenvalue weighted by Gasteiger charge is 2.49. The minimum Gasteiger partial charge on any atom is -0.340 e. The van der Waals surface area contributed by atoms with Crippen molar-refractivity contribution in [1.82, 2.24) is 15.1 Å². The van der Waals surface area contributed by atoms with Gasteiger partial charge in [-0.2, -0.15) is 5.26 Å². The van der Waals surface area contributed by atoms with Crippen molar-refractivity contribution in [1.29, 1.82) is 5.26 Å². The third kappa shape index (κ3) is 4.63. The molecule has 2 aromatic rings. The number of hydrogen-bond donors (Lipinski definition) is 1. The van der Waals surface area contributed by atoms with Crippen molar-refractivity contribution in [2.24, 2.45) is 0 Å². The van der Waals surface area contributed by atoms with Crippen LogP contribution in [0.4, 0.5) is 0 Å². The Morgan fingerprint density at radius 3 is 2.33 bits per heavy atom. The van der Waals surface area contributed by atoms with E-state index < -0.39 is 5.54 Å². The summed E-state index contributed by atoms with van der Waals surface area (Å²) >= 11 is 0. The number of nitrogens with zero attached hydrogens (tertiary/aromatic N) is 3. The van der Waals surface area contributed by atoms with Crippen molar-refractivity contribution in [3.63, 3.8) is 0 Å². The molecule has 4 rings (SSSR count). The molecule has 0 saturated carbocycles. The van der Waals surface area contributed by atoms with E-state index in [0.29, 0.717) is 12.1 Å². The fourth-order valence-electron chi connectivity index (χ4n) is 4.64. The number of rotatable bonds is 4. The first kappa shape index (κ1) is 24.2. The molecule has 0 spiro atoms. The Labute approximate surface area is 190 Å². The van der Waals surface area contributed by atoms with Crippen LogP contribution >= 0.6 is 24.8 Å². The van der Waals surface area contributed by atoms with E-state index in [-0.39, 0.29) is 30.7 Å². The van der Waals surface area contributed by atoms with Crippen LogP contribution in [0.15, 0.2) is 48.5 Å². The van der Waals surface area contributed by atoms with Crippen molar-refractivity contribution in [3.05, 3.63) is 70.8 Å². The third-order valence-corrected chi connectivity index (χ3v) is 6.03. The van der Waals surface area contributed by atoms with Gasteiger partial charge >= 0.3 is 0 Å². The van der Waals surface area contributed by atoms with E-state index in [0.717, 1.165) is 44.6 Å². The van der Waals surface area contributed by atoms with Crippen LogP contribution in [0.1, 0.15) is 22.3 Å². The van der Waals surface area contributed by atoms with Crippen LogP contribution in [-0.4, -0.2) is 54.5 Å². The van der Waals surface area contributed by atoms with Gasteiger partial charge in [0.2, 0.25) is 5.91 Å². The maximum Gasteiger partial charge on any atom is 0.243 e. The SMILES string of the molecule is CN(Cc1cccc(C#N)c1)C(=O)C1(N2CCNCC2)Cc2ccccc2C1.Cl.Cl. The van der Waals surface area contributed by atoms with Crippen LogP contribution in [-0.2, 0) is 24.2 Å². The Morgan fingerprint density at radius 1 is 1.10 bits per heavy atom. The van der Waals surface area contributed by atoms with Crippen molar-refractivity contribution >= 4 is 30.7 Å². The van der Waals surface area contributed by atoms with Gasteiger partial charge in [-0.3, -0.25) is 9.69 Å². The zero-order valence-electron chi connectivity index (χ0n) is 17.1. The van der Waals surface area contributed by atoms with Crippen molar-refractivity contribution in [2.45, 2.75) is 24.9 Å². The van der Waals surface area contributed by atoms with Crippen LogP contribution in [0.2, 0.25) is 0 Å². The lowest BCUT2D eigenvalue weighted by Gasteiger charge is -2.44. The third-order valence-electron chi connectivity index (χ3n) is 6.03. The summed E-state index contributed by atoms with van der Waals surface area (Å²) in [5.41, 5.74) is 3.68. The molecule has 30 heavy (non-hydrogen) atoms. The zero-order valence-corrected chi connectivity index (χ0v) is 18.8. The van der Waals surface area contributed by atoms with E-state index in [1.54, 1.807) is 6.07 Å². The first-order valence-corrected chi connectivity index (χ1v) is 9.89. The molecule has 1 saturated heterocycles. The number of carbonyl (C=O) groups excluding carboxylic acids is 1. The van der Waals surface area contributed by atoms with E-state index in [1.165, 1.54) is 11.1 Å². The van der Waals surface area contributed by atoms with Gasteiger partial charge in [-0.1, -0.05) is 36.4 Å². The summed E-state index contributed by atoms with van der Waals surface area (Å²) in [6.45, 7) is 4.12. The molecule has 1 aliphatic carbocycles. The highest BCUT2D eigenvalue weighted by atomic mass is 35.5. The maximum atomic E-state index is 13.8. The smallest absolute Gasteiger partial charge is 0.243 e. The van der Waals surface area contributed by atoms with Crippen LogP contribution in [0.3, 0.4) is 0 Å². The van der Waals surface area contributed by atoms with Gasteiger partial charge in [0.25, 0.3) is 0 Å². The van der Waals surface area contributed by atoms with Crippen LogP contribution < -0.4 is 5.32 Å². The number of benzene rings is 2. The number of hydrogen-bond acceptors (Lipinski definition) is 4. The highest BCUT2D eigenvalue weighted by Crippen LogP contribution is 2.36. The Kier molecular flexibility index (Phi) is 8.28. The molecule has 1 aliphatic heterocycles. The van der Waals surface area contributed by atoms with E-state index in [1.807, 2.05) is 30.1 Å². The molecular formula is C23H28Cl2N4O. The van der Waals surface area contributed by atoms with E-state index in [4.69, 9.17) is 5.26 Å². The maximum absolute atomic E-state index is 13.8. The molecule has 0 atom stereocenters. The highest BCUT2D eigenvalue weighted by molar-refractivity contribution is 5.88. The van der Waals surface area contributed by atoms with Gasteiger partial charge in [0.05, 0.1) is 11.6 Å². The van der Waals surface area contributed by atoms with Crippen molar-refractivity contribution < 1.29 is 4.79 Å². The monoisotopic (exact) mass is 446 g/mol. The average molecular weight is 447 g/mol. The summed E-state index contributed by atoms with van der Waals surface area (Å²) in [5, 5.41) is 12.5. The molecule has 5 nitrogen and oxygen atoms in total. The lowest BCUT2D eigenvalue weighted by molar-refractivity contribution is -0.144. The summed E-state index contributed by atoms with van der Waals surface area (Å²) < 4.78 is 0. The average Bonchev–Trinajstić information content (AvgIpc) is 3.14. The van der Waals surface area contributed by atoms with Gasteiger partial charge in [0.1, 0.15) is 5.54 Å². The zero-order chi connectivity index (χ0) is 19.6. The number of likely N-dealkylation sites (N-methyl/N-ethyl adjacent to an activating group) is 1. The Hall–Kier alpha value is -2.10. The minimum atomic E-state index is -0.507. The Morgan fingerprint density at radius 2 is 1.73 bits per heavy atom. The van der Waals surface area contributed by atoms with Gasteiger partial charge < -0.3 is 10.2 Å². The van der Waals surface area contributed by atoms with Gasteiger partial charge in [-0.15, -0.1) is 24.8 Å². The molecule has 7 heteroatoms. The fourth-order valence-corrected chi connectivity index (χ4v) is 4.64. The lowest BCUT2D eigenvalue weighted by Crippen LogP contribution is -2.63. The fraction of sp³-hybridized carbons (Fsp3) is 0.391. The molecule has 1 fully saturated rings. The molecule has 0 aromatic heterocycles. The second-order valence-electron chi connectivity index (χ2n) is 7.86. The first-order valence-electron chi connectivity index (χ1n) is 9.89. The number of nitrogens with one attached hydrogen (secondary N) is 1. The topological polar surface area (TPSA) is 59.4 Å². The van der Waals surface area contributed by atoms with Gasteiger partial charge in [0, 0.05) is 52.6 Å². The molecule has 160 valence electrons. The molecule has 2 aromatic carbocycles. The number of piperazine rings is 1. The Bertz CT molecular complexity index is 896. The number of halogens is 2.